The minimum Gasteiger partial charge on any atom is -0.370 e. The van der Waals surface area contributed by atoms with Gasteiger partial charge in [-0.1, -0.05) is 19.3 Å². The van der Waals surface area contributed by atoms with Crippen molar-refractivity contribution in [2.45, 2.75) is 82.0 Å². The maximum Gasteiger partial charge on any atom is 0.0708 e. The van der Waals surface area contributed by atoms with Gasteiger partial charge in [0.2, 0.25) is 0 Å². The third-order valence-electron chi connectivity index (χ3n) is 5.75. The van der Waals surface area contributed by atoms with Crippen molar-refractivity contribution in [1.29, 1.82) is 0 Å². The molecule has 2 unspecified atom stereocenters. The summed E-state index contributed by atoms with van der Waals surface area (Å²) < 4.78 is 6.49. The lowest BCUT2D eigenvalue weighted by atomic mass is 9.83. The van der Waals surface area contributed by atoms with Crippen molar-refractivity contribution in [3.05, 3.63) is 21.9 Å². The second kappa shape index (κ2) is 6.02. The molecule has 1 saturated heterocycles. The van der Waals surface area contributed by atoms with Gasteiger partial charge in [-0.3, -0.25) is 0 Å². The monoisotopic (exact) mass is 305 g/mol. The molecule has 2 heterocycles. The maximum absolute atomic E-state index is 6.49. The Morgan fingerprint density at radius 1 is 1.14 bits per heavy atom. The fourth-order valence-electron chi connectivity index (χ4n) is 4.58. The first kappa shape index (κ1) is 14.2. The van der Waals surface area contributed by atoms with Gasteiger partial charge in [0.1, 0.15) is 0 Å². The Balaban J connectivity index is 1.32. The van der Waals surface area contributed by atoms with Crippen LogP contribution in [0.3, 0.4) is 0 Å². The van der Waals surface area contributed by atoms with E-state index in [4.69, 9.17) is 4.74 Å². The Labute approximate surface area is 132 Å². The summed E-state index contributed by atoms with van der Waals surface area (Å²) in [6.07, 6.45) is 13.7. The van der Waals surface area contributed by atoms with Crippen molar-refractivity contribution in [3.8, 4) is 0 Å². The zero-order chi connectivity index (χ0) is 14.1. The molecular formula is C18H27NOS. The summed E-state index contributed by atoms with van der Waals surface area (Å²) in [4.78, 5) is 1.61. The number of hydrogen-bond acceptors (Lipinski definition) is 3. The Kier molecular flexibility index (Phi) is 4.08. The fourth-order valence-corrected chi connectivity index (χ4v) is 5.56. The molecule has 0 bridgehead atoms. The van der Waals surface area contributed by atoms with Gasteiger partial charge in [-0.25, -0.2) is 0 Å². The quantitative estimate of drug-likeness (QED) is 0.881. The largest absolute Gasteiger partial charge is 0.370 e. The van der Waals surface area contributed by atoms with E-state index in [0.29, 0.717) is 12.1 Å². The highest BCUT2D eigenvalue weighted by atomic mass is 32.1. The molecule has 3 heteroatoms. The van der Waals surface area contributed by atoms with Gasteiger partial charge in [-0.2, -0.15) is 0 Å². The van der Waals surface area contributed by atoms with Crippen molar-refractivity contribution in [1.82, 2.24) is 5.32 Å². The summed E-state index contributed by atoms with van der Waals surface area (Å²) in [5, 5.41) is 6.07. The summed E-state index contributed by atoms with van der Waals surface area (Å²) in [7, 11) is 0. The maximum atomic E-state index is 6.49. The Morgan fingerprint density at radius 3 is 2.95 bits per heavy atom. The topological polar surface area (TPSA) is 21.3 Å². The van der Waals surface area contributed by atoms with E-state index in [9.17, 15) is 0 Å². The van der Waals surface area contributed by atoms with Crippen LogP contribution in [0.1, 0.15) is 74.3 Å². The average Bonchev–Trinajstić information content (AvgIpc) is 3.13. The molecule has 2 fully saturated rings. The second-order valence-electron chi connectivity index (χ2n) is 7.17. The van der Waals surface area contributed by atoms with Gasteiger partial charge in [0.05, 0.1) is 11.7 Å². The van der Waals surface area contributed by atoms with Crippen LogP contribution in [-0.4, -0.2) is 18.2 Å². The van der Waals surface area contributed by atoms with Crippen LogP contribution >= 0.6 is 11.3 Å². The lowest BCUT2D eigenvalue weighted by Gasteiger charge is -2.33. The van der Waals surface area contributed by atoms with E-state index in [-0.39, 0.29) is 5.60 Å². The molecule has 21 heavy (non-hydrogen) atoms. The van der Waals surface area contributed by atoms with Crippen LogP contribution in [-0.2, 0) is 11.2 Å². The average molecular weight is 305 g/mol. The zero-order valence-corrected chi connectivity index (χ0v) is 13.7. The first-order valence-corrected chi connectivity index (χ1v) is 9.70. The third-order valence-corrected chi connectivity index (χ3v) is 6.74. The molecule has 0 radical (unpaired) electrons. The highest BCUT2D eigenvalue weighted by Gasteiger charge is 2.40. The molecule has 2 nitrogen and oxygen atoms in total. The van der Waals surface area contributed by atoms with E-state index < -0.39 is 0 Å². The standard InChI is InChI=1S/C18H27NOS/c1-2-9-18(10-3-1)11-7-14(20-18)13-19-16-5-4-6-17-15(16)8-12-21-17/h8,12,14,16,19H,1-7,9-11,13H2. The van der Waals surface area contributed by atoms with E-state index in [1.807, 2.05) is 11.3 Å². The molecule has 3 aliphatic rings. The van der Waals surface area contributed by atoms with Crippen LogP contribution in [0, 0.1) is 0 Å². The van der Waals surface area contributed by atoms with Gasteiger partial charge in [0, 0.05) is 17.5 Å². The predicted octanol–water partition coefficient (Wildman–Crippen LogP) is 4.60. The molecule has 1 saturated carbocycles. The van der Waals surface area contributed by atoms with E-state index in [2.05, 4.69) is 16.8 Å². The first-order chi connectivity index (χ1) is 10.3. The Hall–Kier alpha value is -0.380. The molecule has 1 N–H and O–H groups in total. The summed E-state index contributed by atoms with van der Waals surface area (Å²) in [5.41, 5.74) is 1.83. The number of hydrogen-bond donors (Lipinski definition) is 1. The van der Waals surface area contributed by atoms with Crippen LogP contribution in [0.15, 0.2) is 11.4 Å². The van der Waals surface area contributed by atoms with Crippen molar-refractivity contribution >= 4 is 11.3 Å². The Morgan fingerprint density at radius 2 is 2.05 bits per heavy atom. The van der Waals surface area contributed by atoms with Crippen molar-refractivity contribution in [2.24, 2.45) is 0 Å². The van der Waals surface area contributed by atoms with E-state index in [1.165, 1.54) is 64.2 Å². The van der Waals surface area contributed by atoms with Gasteiger partial charge in [0.25, 0.3) is 0 Å². The molecule has 116 valence electrons. The van der Waals surface area contributed by atoms with Gasteiger partial charge >= 0.3 is 0 Å². The lowest BCUT2D eigenvalue weighted by molar-refractivity contribution is -0.0630. The molecule has 1 spiro atoms. The Bertz CT molecular complexity index is 477. The van der Waals surface area contributed by atoms with Crippen LogP contribution in [0.25, 0.3) is 0 Å². The minimum atomic E-state index is 0.269. The van der Waals surface area contributed by atoms with Crippen LogP contribution in [0.2, 0.25) is 0 Å². The molecule has 0 amide bonds. The zero-order valence-electron chi connectivity index (χ0n) is 12.9. The molecule has 2 aliphatic carbocycles. The minimum absolute atomic E-state index is 0.269. The smallest absolute Gasteiger partial charge is 0.0708 e. The summed E-state index contributed by atoms with van der Waals surface area (Å²) in [6, 6.07) is 2.90. The highest BCUT2D eigenvalue weighted by molar-refractivity contribution is 7.10. The molecule has 1 aromatic heterocycles. The highest BCUT2D eigenvalue weighted by Crippen LogP contribution is 2.42. The van der Waals surface area contributed by atoms with Gasteiger partial charge in [-0.15, -0.1) is 11.3 Å². The number of thiophene rings is 1. The van der Waals surface area contributed by atoms with Gasteiger partial charge in [0.15, 0.2) is 0 Å². The molecular weight excluding hydrogens is 278 g/mol. The second-order valence-corrected chi connectivity index (χ2v) is 8.18. The number of nitrogens with one attached hydrogen (secondary N) is 1. The SMILES string of the molecule is c1cc2c(s1)CCCC2NCC1CCC2(CCCCC2)O1. The normalized spacial score (nSPS) is 31.4. The van der Waals surface area contributed by atoms with E-state index in [1.54, 1.807) is 10.4 Å². The third kappa shape index (κ3) is 2.93. The number of ether oxygens (including phenoxy) is 1. The molecule has 1 aromatic rings. The van der Waals surface area contributed by atoms with Crippen molar-refractivity contribution in [3.63, 3.8) is 0 Å². The van der Waals surface area contributed by atoms with Gasteiger partial charge in [-0.05, 0) is 62.0 Å². The molecule has 4 rings (SSSR count). The first-order valence-electron chi connectivity index (χ1n) is 8.82. The van der Waals surface area contributed by atoms with Crippen LogP contribution in [0.5, 0.6) is 0 Å². The number of fused-ring (bicyclic) bond motifs is 1. The van der Waals surface area contributed by atoms with Gasteiger partial charge < -0.3 is 10.1 Å². The van der Waals surface area contributed by atoms with E-state index >= 15 is 0 Å². The molecule has 2 atom stereocenters. The van der Waals surface area contributed by atoms with Crippen molar-refractivity contribution in [2.75, 3.05) is 6.54 Å². The summed E-state index contributed by atoms with van der Waals surface area (Å²) in [6.45, 7) is 1.04. The van der Waals surface area contributed by atoms with E-state index in [0.717, 1.165) is 6.54 Å². The van der Waals surface area contributed by atoms with Crippen molar-refractivity contribution < 1.29 is 4.74 Å². The lowest BCUT2D eigenvalue weighted by Crippen LogP contribution is -2.36. The molecule has 0 aromatic carbocycles. The number of rotatable bonds is 3. The molecule has 1 aliphatic heterocycles. The van der Waals surface area contributed by atoms with Crippen LogP contribution < -0.4 is 5.32 Å². The summed E-state index contributed by atoms with van der Waals surface area (Å²) in [5.74, 6) is 0. The number of aryl methyl sites for hydroxylation is 1. The fraction of sp³-hybridized carbons (Fsp3) is 0.778. The van der Waals surface area contributed by atoms with Crippen LogP contribution in [0.4, 0.5) is 0 Å². The predicted molar refractivity (Wildman–Crippen MR) is 87.9 cm³/mol. The summed E-state index contributed by atoms with van der Waals surface area (Å²) >= 11 is 1.93.